The molecule has 1 heterocycles. The molecule has 1 N–H and O–H groups in total. The number of aromatic nitrogens is 4. The number of tetrazole rings is 1. The number of carbonyl (C=O) groups excluding carboxylic acids is 1. The van der Waals surface area contributed by atoms with E-state index in [0.29, 0.717) is 12.4 Å². The molecule has 0 radical (unpaired) electrons. The highest BCUT2D eigenvalue weighted by atomic mass is 79.9. The average Bonchev–Trinajstić information content (AvgIpc) is 2.95. The van der Waals surface area contributed by atoms with Crippen LogP contribution in [0.4, 0.5) is 0 Å². The highest BCUT2D eigenvalue weighted by Crippen LogP contribution is 2.15. The van der Waals surface area contributed by atoms with Crippen LogP contribution in [0.1, 0.15) is 32.5 Å². The van der Waals surface area contributed by atoms with Crippen molar-refractivity contribution < 1.29 is 4.79 Å². The highest BCUT2D eigenvalue weighted by molar-refractivity contribution is 9.10. The van der Waals surface area contributed by atoms with Crippen molar-refractivity contribution in [3.05, 3.63) is 34.6 Å². The fourth-order valence-corrected chi connectivity index (χ4v) is 2.48. The van der Waals surface area contributed by atoms with E-state index in [4.69, 9.17) is 0 Å². The summed E-state index contributed by atoms with van der Waals surface area (Å²) in [6.45, 7) is 4.34. The van der Waals surface area contributed by atoms with Crippen molar-refractivity contribution in [1.29, 1.82) is 0 Å². The van der Waals surface area contributed by atoms with Crippen molar-refractivity contribution in [2.75, 3.05) is 0 Å². The van der Waals surface area contributed by atoms with Crippen LogP contribution in [0.15, 0.2) is 28.7 Å². The zero-order valence-corrected chi connectivity index (χ0v) is 13.7. The molecule has 1 aromatic heterocycles. The Kier molecular flexibility index (Phi) is 5.44. The van der Waals surface area contributed by atoms with Crippen LogP contribution in [0.25, 0.3) is 5.69 Å². The predicted octanol–water partition coefficient (Wildman–Crippen LogP) is 2.48. The molecule has 0 aliphatic carbocycles. The lowest BCUT2D eigenvalue weighted by Gasteiger charge is -2.12. The van der Waals surface area contributed by atoms with Gasteiger partial charge in [0.05, 0.1) is 12.2 Å². The summed E-state index contributed by atoms with van der Waals surface area (Å²) in [6, 6.07) is 7.67. The lowest BCUT2D eigenvalue weighted by molar-refractivity contribution is -0.125. The van der Waals surface area contributed by atoms with E-state index in [9.17, 15) is 4.79 Å². The number of hydrogen-bond acceptors (Lipinski definition) is 4. The normalized spacial score (nSPS) is 10.9. The summed E-state index contributed by atoms with van der Waals surface area (Å²) in [5.74, 6) is 0.691. The molecule has 0 aliphatic rings. The molecule has 2 aromatic rings. The Morgan fingerprint density at radius 3 is 2.81 bits per heavy atom. The van der Waals surface area contributed by atoms with Crippen molar-refractivity contribution in [3.63, 3.8) is 0 Å². The van der Waals surface area contributed by atoms with E-state index in [0.717, 1.165) is 23.0 Å². The van der Waals surface area contributed by atoms with Crippen LogP contribution < -0.4 is 5.32 Å². The number of nitrogens with one attached hydrogen (secondary N) is 1. The maximum Gasteiger partial charge on any atom is 0.223 e. The summed E-state index contributed by atoms with van der Waals surface area (Å²) in [7, 11) is 0. The molecule has 2 rings (SSSR count). The molecule has 0 saturated heterocycles. The van der Waals surface area contributed by atoms with Crippen LogP contribution >= 0.6 is 15.9 Å². The first-order chi connectivity index (χ1) is 10.2. The van der Waals surface area contributed by atoms with E-state index in [-0.39, 0.29) is 11.8 Å². The number of halogens is 1. The third kappa shape index (κ3) is 3.87. The van der Waals surface area contributed by atoms with E-state index in [2.05, 4.69) is 36.8 Å². The molecule has 6 nitrogen and oxygen atoms in total. The molecule has 0 fully saturated rings. The maximum absolute atomic E-state index is 12.0. The fourth-order valence-electron chi connectivity index (χ4n) is 2.09. The van der Waals surface area contributed by atoms with Gasteiger partial charge in [0.1, 0.15) is 0 Å². The van der Waals surface area contributed by atoms with Gasteiger partial charge < -0.3 is 5.32 Å². The smallest absolute Gasteiger partial charge is 0.223 e. The minimum atomic E-state index is 0.0419. The lowest BCUT2D eigenvalue weighted by atomic mass is 10.0. The van der Waals surface area contributed by atoms with Crippen molar-refractivity contribution >= 4 is 21.8 Å². The van der Waals surface area contributed by atoms with Gasteiger partial charge in [0.15, 0.2) is 5.82 Å². The van der Waals surface area contributed by atoms with Crippen LogP contribution in [0.2, 0.25) is 0 Å². The highest BCUT2D eigenvalue weighted by Gasteiger charge is 2.15. The van der Waals surface area contributed by atoms with E-state index in [1.807, 2.05) is 38.1 Å². The molecule has 0 bridgehead atoms. The SMILES string of the molecule is CCC(CC)C(=O)NCc1nnnn1-c1cccc(Br)c1. The fraction of sp³-hybridized carbons (Fsp3) is 0.429. The Balaban J connectivity index is 2.09. The topological polar surface area (TPSA) is 72.7 Å². The molecule has 0 spiro atoms. The van der Waals surface area contributed by atoms with Crippen LogP contribution in [0, 0.1) is 5.92 Å². The van der Waals surface area contributed by atoms with Crippen molar-refractivity contribution in [1.82, 2.24) is 25.5 Å². The quantitative estimate of drug-likeness (QED) is 0.867. The minimum absolute atomic E-state index is 0.0419. The second-order valence-corrected chi connectivity index (χ2v) is 5.63. The number of carbonyl (C=O) groups is 1. The average molecular weight is 352 g/mol. The third-order valence-corrected chi connectivity index (χ3v) is 3.86. The molecular weight excluding hydrogens is 334 g/mol. The van der Waals surface area contributed by atoms with Crippen LogP contribution in [0.5, 0.6) is 0 Å². The summed E-state index contributed by atoms with van der Waals surface area (Å²) in [4.78, 5) is 12.0. The van der Waals surface area contributed by atoms with Crippen LogP contribution in [0.3, 0.4) is 0 Å². The standard InChI is InChI=1S/C14H18BrN5O/c1-3-10(4-2)14(21)16-9-13-17-18-19-20(13)12-7-5-6-11(15)8-12/h5-8,10H,3-4,9H2,1-2H3,(H,16,21). The van der Waals surface area contributed by atoms with Crippen molar-refractivity contribution in [3.8, 4) is 5.69 Å². The Morgan fingerprint density at radius 1 is 1.38 bits per heavy atom. The molecule has 0 saturated carbocycles. The summed E-state index contributed by atoms with van der Waals surface area (Å²) < 4.78 is 2.57. The second-order valence-electron chi connectivity index (χ2n) is 4.72. The molecule has 112 valence electrons. The Hall–Kier alpha value is -1.76. The van der Waals surface area contributed by atoms with Crippen molar-refractivity contribution in [2.24, 2.45) is 5.92 Å². The molecular formula is C14H18BrN5O. The van der Waals surface area contributed by atoms with Crippen LogP contribution in [-0.4, -0.2) is 26.1 Å². The van der Waals surface area contributed by atoms with E-state index in [1.54, 1.807) is 4.68 Å². The number of rotatable bonds is 6. The monoisotopic (exact) mass is 351 g/mol. The van der Waals surface area contributed by atoms with Gasteiger partial charge in [-0.2, -0.15) is 4.68 Å². The first-order valence-corrected chi connectivity index (χ1v) is 7.75. The van der Waals surface area contributed by atoms with Gasteiger partial charge >= 0.3 is 0 Å². The van der Waals surface area contributed by atoms with Gasteiger partial charge in [-0.05, 0) is 41.5 Å². The molecule has 0 atom stereocenters. The largest absolute Gasteiger partial charge is 0.348 e. The number of nitrogens with zero attached hydrogens (tertiary/aromatic N) is 4. The van der Waals surface area contributed by atoms with Gasteiger partial charge in [-0.15, -0.1) is 5.10 Å². The van der Waals surface area contributed by atoms with Gasteiger partial charge in [0.25, 0.3) is 0 Å². The first kappa shape index (κ1) is 15.6. The van der Waals surface area contributed by atoms with Gasteiger partial charge in [0, 0.05) is 10.4 Å². The number of hydrogen-bond donors (Lipinski definition) is 1. The lowest BCUT2D eigenvalue weighted by Crippen LogP contribution is -2.30. The second kappa shape index (κ2) is 7.31. The maximum atomic E-state index is 12.0. The summed E-state index contributed by atoms with van der Waals surface area (Å²) in [6.07, 6.45) is 1.66. The zero-order chi connectivity index (χ0) is 15.2. The molecule has 21 heavy (non-hydrogen) atoms. The van der Waals surface area contributed by atoms with E-state index >= 15 is 0 Å². The Bertz CT molecular complexity index is 609. The third-order valence-electron chi connectivity index (χ3n) is 3.36. The summed E-state index contributed by atoms with van der Waals surface area (Å²) in [5, 5.41) is 14.5. The van der Waals surface area contributed by atoms with Gasteiger partial charge in [-0.3, -0.25) is 4.79 Å². The van der Waals surface area contributed by atoms with Crippen LogP contribution in [-0.2, 0) is 11.3 Å². The van der Waals surface area contributed by atoms with Gasteiger partial charge in [0.2, 0.25) is 5.91 Å². The summed E-state index contributed by atoms with van der Waals surface area (Å²) in [5.41, 5.74) is 0.848. The van der Waals surface area contributed by atoms with Gasteiger partial charge in [-0.1, -0.05) is 35.8 Å². The molecule has 1 amide bonds. The molecule has 7 heteroatoms. The predicted molar refractivity (Wildman–Crippen MR) is 82.8 cm³/mol. The van der Waals surface area contributed by atoms with Crippen molar-refractivity contribution in [2.45, 2.75) is 33.2 Å². The number of benzene rings is 1. The number of amides is 1. The van der Waals surface area contributed by atoms with E-state index in [1.165, 1.54) is 0 Å². The molecule has 0 aliphatic heterocycles. The van der Waals surface area contributed by atoms with E-state index < -0.39 is 0 Å². The first-order valence-electron chi connectivity index (χ1n) is 6.96. The van der Waals surface area contributed by atoms with Gasteiger partial charge in [-0.25, -0.2) is 0 Å². The Labute approximate surface area is 132 Å². The Morgan fingerprint density at radius 2 is 2.14 bits per heavy atom. The minimum Gasteiger partial charge on any atom is -0.348 e. The molecule has 1 aromatic carbocycles. The zero-order valence-electron chi connectivity index (χ0n) is 12.1. The molecule has 0 unspecified atom stereocenters. The summed E-state index contributed by atoms with van der Waals surface area (Å²) >= 11 is 3.42.